The minimum Gasteiger partial charge on any atom is -0.481 e. The summed E-state index contributed by atoms with van der Waals surface area (Å²) in [5.74, 6) is -0.905. The van der Waals surface area contributed by atoms with Crippen LogP contribution in [-0.4, -0.2) is 44.4 Å². The number of anilines is 2. The van der Waals surface area contributed by atoms with Gasteiger partial charge in [0.25, 0.3) is 5.91 Å². The first-order valence-corrected chi connectivity index (χ1v) is 10.6. The third-order valence-electron chi connectivity index (χ3n) is 5.74. The van der Waals surface area contributed by atoms with Crippen molar-refractivity contribution in [2.75, 3.05) is 11.9 Å². The zero-order valence-corrected chi connectivity index (χ0v) is 17.8. The Morgan fingerprint density at radius 2 is 1.94 bits per heavy atom. The second-order valence-electron chi connectivity index (χ2n) is 8.11. The third-order valence-corrected chi connectivity index (χ3v) is 5.74. The van der Waals surface area contributed by atoms with Gasteiger partial charge in [0.15, 0.2) is 5.65 Å². The summed E-state index contributed by atoms with van der Waals surface area (Å²) < 4.78 is 0. The highest BCUT2D eigenvalue weighted by Crippen LogP contribution is 2.31. The van der Waals surface area contributed by atoms with E-state index in [1.807, 2.05) is 36.1 Å². The normalized spacial score (nSPS) is 16.3. The molecule has 1 aliphatic rings. The Kier molecular flexibility index (Phi) is 5.84. The first-order valence-electron chi connectivity index (χ1n) is 10.6. The molecule has 0 unspecified atom stereocenters. The van der Waals surface area contributed by atoms with E-state index in [1.54, 1.807) is 18.3 Å². The first-order chi connectivity index (χ1) is 14.9. The van der Waals surface area contributed by atoms with Gasteiger partial charge in [-0.25, -0.2) is 9.97 Å². The summed E-state index contributed by atoms with van der Waals surface area (Å²) in [6, 6.07) is 11.2. The molecule has 7 nitrogen and oxygen atoms in total. The lowest BCUT2D eigenvalue weighted by atomic mass is 10.0. The Hall–Kier alpha value is -3.48. The fraction of sp³-hybridized carbons (Fsp3) is 0.333. The molecule has 7 heteroatoms. The van der Waals surface area contributed by atoms with Crippen molar-refractivity contribution in [1.82, 2.24) is 14.9 Å². The smallest absolute Gasteiger partial charge is 0.307 e. The van der Waals surface area contributed by atoms with Crippen LogP contribution in [0, 0.1) is 6.92 Å². The van der Waals surface area contributed by atoms with E-state index in [1.165, 1.54) is 0 Å². The van der Waals surface area contributed by atoms with Gasteiger partial charge in [0.05, 0.1) is 17.7 Å². The van der Waals surface area contributed by atoms with Crippen LogP contribution in [0.15, 0.2) is 42.6 Å². The SMILES string of the molecule is Cc1ccc2c(Nc3ccc(CC(=O)O)cc3)c(C(=O)N3CCCC[C@@H]3C)cnc2n1. The van der Waals surface area contributed by atoms with Crippen LogP contribution in [0.4, 0.5) is 11.4 Å². The second kappa shape index (κ2) is 8.71. The van der Waals surface area contributed by atoms with Crippen molar-refractivity contribution in [3.8, 4) is 0 Å². The van der Waals surface area contributed by atoms with Crippen LogP contribution in [-0.2, 0) is 11.2 Å². The van der Waals surface area contributed by atoms with Gasteiger partial charge in [0, 0.05) is 35.6 Å². The topological polar surface area (TPSA) is 95.4 Å². The first kappa shape index (κ1) is 20.8. The van der Waals surface area contributed by atoms with E-state index in [9.17, 15) is 9.59 Å². The van der Waals surface area contributed by atoms with Crippen molar-refractivity contribution in [3.05, 3.63) is 59.4 Å². The highest BCUT2D eigenvalue weighted by atomic mass is 16.4. The Bertz CT molecular complexity index is 1130. The molecule has 2 aromatic heterocycles. The zero-order chi connectivity index (χ0) is 22.0. The number of carbonyl (C=O) groups is 2. The van der Waals surface area contributed by atoms with Gasteiger partial charge in [0.1, 0.15) is 0 Å². The van der Waals surface area contributed by atoms with Gasteiger partial charge < -0.3 is 15.3 Å². The van der Waals surface area contributed by atoms with E-state index < -0.39 is 5.97 Å². The lowest BCUT2D eigenvalue weighted by Gasteiger charge is -2.34. The van der Waals surface area contributed by atoms with Gasteiger partial charge in [-0.15, -0.1) is 0 Å². The second-order valence-corrected chi connectivity index (χ2v) is 8.11. The molecule has 1 saturated heterocycles. The molecular weight excluding hydrogens is 392 g/mol. The molecule has 1 fully saturated rings. The molecule has 1 aromatic carbocycles. The predicted octanol–water partition coefficient (Wildman–Crippen LogP) is 4.32. The largest absolute Gasteiger partial charge is 0.481 e. The predicted molar refractivity (Wildman–Crippen MR) is 120 cm³/mol. The van der Waals surface area contributed by atoms with E-state index in [0.29, 0.717) is 22.5 Å². The molecule has 3 aromatic rings. The number of rotatable bonds is 5. The number of aliphatic carboxylic acids is 1. The number of likely N-dealkylation sites (tertiary alicyclic amines) is 1. The quantitative estimate of drug-likeness (QED) is 0.641. The number of carboxylic acids is 1. The summed E-state index contributed by atoms with van der Waals surface area (Å²) >= 11 is 0. The Morgan fingerprint density at radius 3 is 2.65 bits per heavy atom. The molecule has 0 radical (unpaired) electrons. The van der Waals surface area contributed by atoms with Crippen molar-refractivity contribution < 1.29 is 14.7 Å². The van der Waals surface area contributed by atoms with Crippen LogP contribution in [0.2, 0.25) is 0 Å². The van der Waals surface area contributed by atoms with Crippen molar-refractivity contribution in [2.45, 2.75) is 45.6 Å². The highest BCUT2D eigenvalue weighted by Gasteiger charge is 2.27. The molecule has 1 atom stereocenters. The Morgan fingerprint density at radius 1 is 1.16 bits per heavy atom. The van der Waals surface area contributed by atoms with Gasteiger partial charge in [-0.3, -0.25) is 9.59 Å². The van der Waals surface area contributed by atoms with Crippen LogP contribution in [0.3, 0.4) is 0 Å². The number of aromatic nitrogens is 2. The van der Waals surface area contributed by atoms with E-state index in [-0.39, 0.29) is 18.4 Å². The molecule has 0 saturated carbocycles. The van der Waals surface area contributed by atoms with Crippen molar-refractivity contribution in [2.24, 2.45) is 0 Å². The third kappa shape index (κ3) is 4.50. The maximum Gasteiger partial charge on any atom is 0.307 e. The summed E-state index contributed by atoms with van der Waals surface area (Å²) in [5, 5.41) is 13.1. The standard InChI is InChI=1S/C24H26N4O3/c1-15-6-11-19-22(27-18-9-7-17(8-10-18)13-21(29)30)20(14-25-23(19)26-15)24(31)28-12-4-3-5-16(28)2/h6-11,14,16H,3-5,12-13H2,1-2H3,(H,29,30)(H,25,26,27)/t16-/m0/s1. The maximum atomic E-state index is 13.5. The van der Waals surface area contributed by atoms with Crippen LogP contribution in [0.25, 0.3) is 11.0 Å². The number of fused-ring (bicyclic) bond motifs is 1. The van der Waals surface area contributed by atoms with Crippen LogP contribution >= 0.6 is 0 Å². The summed E-state index contributed by atoms with van der Waals surface area (Å²) in [6.45, 7) is 4.74. The number of piperidine rings is 1. The maximum absolute atomic E-state index is 13.5. The molecule has 2 N–H and O–H groups in total. The van der Waals surface area contributed by atoms with Gasteiger partial charge in [-0.1, -0.05) is 12.1 Å². The minimum absolute atomic E-state index is 0.0295. The number of carboxylic acid groups (broad SMARTS) is 1. The van der Waals surface area contributed by atoms with Crippen molar-refractivity contribution in [1.29, 1.82) is 0 Å². The van der Waals surface area contributed by atoms with Crippen LogP contribution < -0.4 is 5.32 Å². The number of pyridine rings is 2. The lowest BCUT2D eigenvalue weighted by molar-refractivity contribution is -0.136. The van der Waals surface area contributed by atoms with Crippen LogP contribution in [0.5, 0.6) is 0 Å². The van der Waals surface area contributed by atoms with Gasteiger partial charge in [-0.2, -0.15) is 0 Å². The molecule has 0 bridgehead atoms. The lowest BCUT2D eigenvalue weighted by Crippen LogP contribution is -2.42. The fourth-order valence-electron chi connectivity index (χ4n) is 4.05. The number of hydrogen-bond acceptors (Lipinski definition) is 5. The number of amides is 1. The Labute approximate surface area is 181 Å². The van der Waals surface area contributed by atoms with Crippen molar-refractivity contribution >= 4 is 34.3 Å². The van der Waals surface area contributed by atoms with Crippen LogP contribution in [0.1, 0.15) is 47.8 Å². The van der Waals surface area contributed by atoms with E-state index >= 15 is 0 Å². The molecule has 3 heterocycles. The molecule has 4 rings (SSSR count). The molecule has 0 spiro atoms. The fourth-order valence-corrected chi connectivity index (χ4v) is 4.05. The number of hydrogen-bond donors (Lipinski definition) is 2. The molecule has 160 valence electrons. The number of nitrogens with zero attached hydrogens (tertiary/aromatic N) is 3. The summed E-state index contributed by atoms with van der Waals surface area (Å²) in [5.41, 5.74) is 4.10. The molecule has 1 aliphatic heterocycles. The highest BCUT2D eigenvalue weighted by molar-refractivity contribution is 6.07. The van der Waals surface area contributed by atoms with E-state index in [4.69, 9.17) is 5.11 Å². The number of aryl methyl sites for hydroxylation is 1. The molecule has 1 amide bonds. The van der Waals surface area contributed by atoms with Gasteiger partial charge in [0.2, 0.25) is 0 Å². The van der Waals surface area contributed by atoms with E-state index in [0.717, 1.165) is 42.6 Å². The summed E-state index contributed by atoms with van der Waals surface area (Å²) in [4.78, 5) is 35.3. The minimum atomic E-state index is -0.870. The molecule has 0 aliphatic carbocycles. The summed E-state index contributed by atoms with van der Waals surface area (Å²) in [6.07, 6.45) is 4.72. The zero-order valence-electron chi connectivity index (χ0n) is 17.8. The Balaban J connectivity index is 1.74. The van der Waals surface area contributed by atoms with Crippen molar-refractivity contribution in [3.63, 3.8) is 0 Å². The molecular formula is C24H26N4O3. The summed E-state index contributed by atoms with van der Waals surface area (Å²) in [7, 11) is 0. The number of nitrogens with one attached hydrogen (secondary N) is 1. The van der Waals surface area contributed by atoms with Gasteiger partial charge in [-0.05, 0) is 62.9 Å². The van der Waals surface area contributed by atoms with E-state index in [2.05, 4.69) is 22.2 Å². The molecule has 31 heavy (non-hydrogen) atoms. The number of benzene rings is 1. The average molecular weight is 418 g/mol. The monoisotopic (exact) mass is 418 g/mol. The number of carbonyl (C=O) groups excluding carboxylic acids is 1. The van der Waals surface area contributed by atoms with Gasteiger partial charge >= 0.3 is 5.97 Å². The average Bonchev–Trinajstić information content (AvgIpc) is 2.74.